The highest BCUT2D eigenvalue weighted by Gasteiger charge is 2.27. The van der Waals surface area contributed by atoms with E-state index in [0.717, 1.165) is 0 Å². The maximum absolute atomic E-state index is 13.0. The molecule has 3 rings (SSSR count). The molecule has 1 heterocycles. The Hall–Kier alpha value is -2.73. The number of rotatable bonds is 3. The van der Waals surface area contributed by atoms with Crippen LogP contribution in [-0.4, -0.2) is 18.6 Å². The molecule has 0 aliphatic heterocycles. The monoisotopic (exact) mass is 326 g/mol. The number of hydrogen-bond acceptors (Lipinski definition) is 4. The van der Waals surface area contributed by atoms with E-state index in [0.29, 0.717) is 16.8 Å². The summed E-state index contributed by atoms with van der Waals surface area (Å²) < 4.78 is 25.9. The van der Waals surface area contributed by atoms with E-state index in [4.69, 9.17) is 0 Å². The molecule has 0 unspecified atom stereocenters. The molecule has 1 N–H and O–H groups in total. The number of aryl methyl sites for hydroxylation is 1. The van der Waals surface area contributed by atoms with Crippen LogP contribution in [0.15, 0.2) is 75.2 Å². The fourth-order valence-corrected chi connectivity index (χ4v) is 4.01. The van der Waals surface area contributed by atoms with Crippen molar-refractivity contribution in [1.29, 1.82) is 0 Å². The zero-order valence-corrected chi connectivity index (χ0v) is 13.2. The van der Waals surface area contributed by atoms with Crippen molar-refractivity contribution in [3.8, 4) is 11.1 Å². The van der Waals surface area contributed by atoms with E-state index in [1.54, 1.807) is 49.4 Å². The lowest BCUT2D eigenvalue weighted by molar-refractivity contribution is 0.594. The second-order valence-electron chi connectivity index (χ2n) is 5.02. The molecule has 3 aromatic rings. The first-order valence-corrected chi connectivity index (χ1v) is 8.45. The van der Waals surface area contributed by atoms with Crippen molar-refractivity contribution in [2.24, 2.45) is 0 Å². The number of aromatic nitrogens is 2. The zero-order chi connectivity index (χ0) is 16.4. The van der Waals surface area contributed by atoms with Crippen molar-refractivity contribution in [2.45, 2.75) is 16.7 Å². The summed E-state index contributed by atoms with van der Waals surface area (Å²) in [6, 6.07) is 16.8. The molecule has 0 radical (unpaired) electrons. The summed E-state index contributed by atoms with van der Waals surface area (Å²) in [5, 5.41) is 6.19. The van der Waals surface area contributed by atoms with Gasteiger partial charge in [-0.05, 0) is 24.6 Å². The van der Waals surface area contributed by atoms with Crippen molar-refractivity contribution in [1.82, 2.24) is 10.2 Å². The average molecular weight is 326 g/mol. The minimum atomic E-state index is -3.95. The molecule has 0 spiro atoms. The predicted molar refractivity (Wildman–Crippen MR) is 86.9 cm³/mol. The molecule has 116 valence electrons. The summed E-state index contributed by atoms with van der Waals surface area (Å²) in [6.07, 6.45) is 0. The lowest BCUT2D eigenvalue weighted by Crippen LogP contribution is -2.21. The van der Waals surface area contributed by atoms with Crippen LogP contribution in [0.5, 0.6) is 0 Å². The molecule has 0 bridgehead atoms. The van der Waals surface area contributed by atoms with E-state index in [1.165, 1.54) is 12.1 Å². The SMILES string of the molecule is Cc1n[nH]c(=O)c(S(=O)(=O)c2ccccc2)c1-c1ccccc1. The lowest BCUT2D eigenvalue weighted by atomic mass is 10.1. The second kappa shape index (κ2) is 5.81. The third-order valence-electron chi connectivity index (χ3n) is 3.50. The van der Waals surface area contributed by atoms with Crippen molar-refractivity contribution in [3.63, 3.8) is 0 Å². The van der Waals surface area contributed by atoms with Crippen LogP contribution < -0.4 is 5.56 Å². The van der Waals surface area contributed by atoms with E-state index >= 15 is 0 Å². The van der Waals surface area contributed by atoms with Gasteiger partial charge >= 0.3 is 0 Å². The van der Waals surface area contributed by atoms with Gasteiger partial charge in [0.05, 0.1) is 10.6 Å². The number of benzene rings is 2. The summed E-state index contributed by atoms with van der Waals surface area (Å²) in [5.74, 6) is 0. The van der Waals surface area contributed by atoms with Crippen LogP contribution in [0.1, 0.15) is 5.69 Å². The second-order valence-corrected chi connectivity index (χ2v) is 6.91. The Labute approximate surface area is 133 Å². The number of nitrogens with one attached hydrogen (secondary N) is 1. The lowest BCUT2D eigenvalue weighted by Gasteiger charge is -2.11. The van der Waals surface area contributed by atoms with Gasteiger partial charge in [-0.15, -0.1) is 0 Å². The topological polar surface area (TPSA) is 79.9 Å². The van der Waals surface area contributed by atoms with Crippen LogP contribution in [0.2, 0.25) is 0 Å². The molecule has 5 nitrogen and oxygen atoms in total. The zero-order valence-electron chi connectivity index (χ0n) is 12.4. The molecule has 0 aliphatic carbocycles. The third-order valence-corrected chi connectivity index (χ3v) is 5.32. The molecule has 0 atom stereocenters. The summed E-state index contributed by atoms with van der Waals surface area (Å²) >= 11 is 0. The van der Waals surface area contributed by atoms with Crippen LogP contribution in [0.4, 0.5) is 0 Å². The minimum absolute atomic E-state index is 0.0771. The normalized spacial score (nSPS) is 11.3. The maximum atomic E-state index is 13.0. The molecular weight excluding hydrogens is 312 g/mol. The van der Waals surface area contributed by atoms with Crippen molar-refractivity contribution in [2.75, 3.05) is 0 Å². The molecule has 0 saturated carbocycles. The maximum Gasteiger partial charge on any atom is 0.284 e. The third kappa shape index (κ3) is 2.68. The standard InChI is InChI=1S/C17H14N2O3S/c1-12-15(13-8-4-2-5-9-13)16(17(20)19-18-12)23(21,22)14-10-6-3-7-11-14/h2-11H,1H3,(H,19,20). The molecule has 0 amide bonds. The fourth-order valence-electron chi connectivity index (χ4n) is 2.44. The first-order chi connectivity index (χ1) is 11.0. The van der Waals surface area contributed by atoms with Gasteiger partial charge in [-0.25, -0.2) is 13.5 Å². The average Bonchev–Trinajstić information content (AvgIpc) is 2.58. The number of sulfone groups is 1. The van der Waals surface area contributed by atoms with E-state index in [1.807, 2.05) is 6.07 Å². The van der Waals surface area contributed by atoms with E-state index in [-0.39, 0.29) is 9.79 Å². The Bertz CT molecular complexity index is 995. The van der Waals surface area contributed by atoms with Crippen molar-refractivity contribution in [3.05, 3.63) is 76.7 Å². The summed E-state index contributed by atoms with van der Waals surface area (Å²) in [6.45, 7) is 1.67. The highest BCUT2D eigenvalue weighted by atomic mass is 32.2. The van der Waals surface area contributed by atoms with Gasteiger partial charge < -0.3 is 0 Å². The van der Waals surface area contributed by atoms with Crippen LogP contribution in [0, 0.1) is 6.92 Å². The van der Waals surface area contributed by atoms with Gasteiger partial charge in [0, 0.05) is 5.56 Å². The van der Waals surface area contributed by atoms with Gasteiger partial charge in [-0.3, -0.25) is 4.79 Å². The molecular formula is C17H14N2O3S. The smallest absolute Gasteiger partial charge is 0.267 e. The molecule has 1 aromatic heterocycles. The number of nitrogens with zero attached hydrogens (tertiary/aromatic N) is 1. The minimum Gasteiger partial charge on any atom is -0.267 e. The largest absolute Gasteiger partial charge is 0.284 e. The Morgan fingerprint density at radius 2 is 1.48 bits per heavy atom. The van der Waals surface area contributed by atoms with Crippen molar-refractivity contribution >= 4 is 9.84 Å². The van der Waals surface area contributed by atoms with Gasteiger partial charge in [-0.2, -0.15) is 5.10 Å². The van der Waals surface area contributed by atoms with Crippen LogP contribution in [0.3, 0.4) is 0 Å². The molecule has 6 heteroatoms. The first kappa shape index (κ1) is 15.2. The molecule has 0 aliphatic rings. The van der Waals surface area contributed by atoms with Crippen molar-refractivity contribution < 1.29 is 8.42 Å². The Morgan fingerprint density at radius 3 is 2.09 bits per heavy atom. The molecule has 0 fully saturated rings. The van der Waals surface area contributed by atoms with E-state index in [9.17, 15) is 13.2 Å². The Kier molecular flexibility index (Phi) is 3.83. The first-order valence-electron chi connectivity index (χ1n) is 6.96. The number of aromatic amines is 1. The van der Waals surface area contributed by atoms with Gasteiger partial charge in [-0.1, -0.05) is 48.5 Å². The molecule has 2 aromatic carbocycles. The van der Waals surface area contributed by atoms with Gasteiger partial charge in [0.15, 0.2) is 0 Å². The molecule has 23 heavy (non-hydrogen) atoms. The van der Waals surface area contributed by atoms with E-state index in [2.05, 4.69) is 10.2 Å². The van der Waals surface area contributed by atoms with Crippen LogP contribution >= 0.6 is 0 Å². The summed E-state index contributed by atoms with van der Waals surface area (Å²) in [7, 11) is -3.95. The summed E-state index contributed by atoms with van der Waals surface area (Å²) in [5.41, 5.74) is 0.694. The Balaban J connectivity index is 2.37. The number of H-pyrrole nitrogens is 1. The summed E-state index contributed by atoms with van der Waals surface area (Å²) in [4.78, 5) is 12.1. The molecule has 0 saturated heterocycles. The van der Waals surface area contributed by atoms with Gasteiger partial charge in [0.25, 0.3) is 5.56 Å². The van der Waals surface area contributed by atoms with Gasteiger partial charge in [0.2, 0.25) is 9.84 Å². The van der Waals surface area contributed by atoms with Crippen LogP contribution in [-0.2, 0) is 9.84 Å². The van der Waals surface area contributed by atoms with E-state index < -0.39 is 15.4 Å². The Morgan fingerprint density at radius 1 is 0.913 bits per heavy atom. The van der Waals surface area contributed by atoms with Crippen LogP contribution in [0.25, 0.3) is 11.1 Å². The predicted octanol–water partition coefficient (Wildman–Crippen LogP) is 2.58. The quantitative estimate of drug-likeness (QED) is 0.802. The fraction of sp³-hybridized carbons (Fsp3) is 0.0588. The number of hydrogen-bond donors (Lipinski definition) is 1. The highest BCUT2D eigenvalue weighted by molar-refractivity contribution is 7.91. The van der Waals surface area contributed by atoms with Gasteiger partial charge in [0.1, 0.15) is 4.90 Å². The highest BCUT2D eigenvalue weighted by Crippen LogP contribution is 2.30.